The molecule has 1 aromatic rings. The molecule has 6 heteroatoms. The number of nitrogens with zero attached hydrogens (tertiary/aromatic N) is 2. The third kappa shape index (κ3) is 5.43. The van der Waals surface area contributed by atoms with Crippen LogP contribution in [0.3, 0.4) is 0 Å². The molecule has 0 bridgehead atoms. The van der Waals surface area contributed by atoms with Crippen LogP contribution in [-0.2, 0) is 20.6 Å². The second-order valence-electron chi connectivity index (χ2n) is 7.07. The van der Waals surface area contributed by atoms with Crippen molar-refractivity contribution in [3.8, 4) is 0 Å². The second kappa shape index (κ2) is 7.68. The lowest BCUT2D eigenvalue weighted by Gasteiger charge is -2.37. The van der Waals surface area contributed by atoms with E-state index in [2.05, 4.69) is 38.7 Å². The van der Waals surface area contributed by atoms with Crippen LogP contribution in [-0.4, -0.2) is 30.9 Å². The Kier molecular flexibility index (Phi) is 6.44. The Morgan fingerprint density at radius 3 is 2.30 bits per heavy atom. The normalized spacial score (nSPS) is 13.1. The van der Waals surface area contributed by atoms with Crippen LogP contribution in [0.5, 0.6) is 0 Å². The summed E-state index contributed by atoms with van der Waals surface area (Å²) in [6.07, 6.45) is -0.621. The molecule has 5 nitrogen and oxygen atoms in total. The zero-order chi connectivity index (χ0) is 17.7. The first-order chi connectivity index (χ1) is 10.6. The Morgan fingerprint density at radius 1 is 1.26 bits per heavy atom. The predicted molar refractivity (Wildman–Crippen MR) is 92.6 cm³/mol. The predicted octanol–water partition coefficient (Wildman–Crippen LogP) is 3.81. The van der Waals surface area contributed by atoms with Gasteiger partial charge in [0.2, 0.25) is 0 Å². The Labute approximate surface area is 139 Å². The Bertz CT molecular complexity index is 588. The van der Waals surface area contributed by atoms with Crippen molar-refractivity contribution < 1.29 is 18.7 Å². The van der Waals surface area contributed by atoms with E-state index >= 15 is 0 Å². The van der Waals surface area contributed by atoms with Crippen molar-refractivity contribution in [3.05, 3.63) is 41.4 Å². The van der Waals surface area contributed by atoms with Gasteiger partial charge in [0.05, 0.1) is 0 Å². The minimum atomic E-state index is -2.08. The molecule has 0 aliphatic heterocycles. The van der Waals surface area contributed by atoms with E-state index in [1.54, 1.807) is 6.92 Å². The van der Waals surface area contributed by atoms with Crippen molar-refractivity contribution in [1.82, 2.24) is 0 Å². The molecule has 0 amide bonds. The highest BCUT2D eigenvalue weighted by molar-refractivity contribution is 6.74. The highest BCUT2D eigenvalue weighted by atomic mass is 28.4. The van der Waals surface area contributed by atoms with Crippen molar-refractivity contribution >= 4 is 20.0 Å². The van der Waals surface area contributed by atoms with Crippen LogP contribution >= 0.6 is 0 Å². The first-order valence-corrected chi connectivity index (χ1v) is 10.6. The molecule has 0 aromatic heterocycles. The van der Waals surface area contributed by atoms with Crippen molar-refractivity contribution in [2.75, 3.05) is 0 Å². The van der Waals surface area contributed by atoms with Crippen LogP contribution < -0.4 is 0 Å². The van der Waals surface area contributed by atoms with Crippen LogP contribution in [0.1, 0.15) is 33.3 Å². The summed E-state index contributed by atoms with van der Waals surface area (Å²) in [6.45, 7) is 12.3. The molecule has 0 heterocycles. The molecule has 0 saturated carbocycles. The zero-order valence-electron chi connectivity index (χ0n) is 14.8. The highest BCUT2D eigenvalue weighted by Gasteiger charge is 2.42. The summed E-state index contributed by atoms with van der Waals surface area (Å²) in [7, 11) is -2.08. The van der Waals surface area contributed by atoms with E-state index in [1.165, 1.54) is 0 Å². The van der Waals surface area contributed by atoms with Crippen molar-refractivity contribution in [3.63, 3.8) is 0 Å². The van der Waals surface area contributed by atoms with Gasteiger partial charge in [-0.3, -0.25) is 0 Å². The maximum absolute atomic E-state index is 12.1. The number of hydrogen-bond acceptors (Lipinski definition) is 3. The van der Waals surface area contributed by atoms with E-state index in [9.17, 15) is 10.3 Å². The molecule has 0 aliphatic carbocycles. The van der Waals surface area contributed by atoms with Gasteiger partial charge in [0.1, 0.15) is 6.61 Å². The van der Waals surface area contributed by atoms with Crippen LogP contribution in [0, 0.1) is 0 Å². The summed E-state index contributed by atoms with van der Waals surface area (Å²) < 4.78 is 11.3. The summed E-state index contributed by atoms with van der Waals surface area (Å²) in [5.41, 5.74) is 9.95. The molecule has 0 fully saturated rings. The van der Waals surface area contributed by atoms with Gasteiger partial charge >= 0.3 is 11.7 Å². The quantitative estimate of drug-likeness (QED) is 0.261. The number of benzene rings is 1. The van der Waals surface area contributed by atoms with Gasteiger partial charge in [0, 0.05) is 0 Å². The van der Waals surface area contributed by atoms with Gasteiger partial charge in [-0.05, 0) is 30.6 Å². The molecule has 0 N–H and O–H groups in total. The Balaban J connectivity index is 2.72. The molecule has 23 heavy (non-hydrogen) atoms. The SMILES string of the molecule is CC(O[Si](C)(C)C(C)(C)C)C(=[N+]=[N-])C(=O)OCc1ccccc1. The topological polar surface area (TPSA) is 71.9 Å². The molecular formula is C17H26N2O3Si. The largest absolute Gasteiger partial charge is 0.452 e. The maximum Gasteiger partial charge on any atom is 0.420 e. The molecule has 0 saturated heterocycles. The van der Waals surface area contributed by atoms with E-state index in [0.29, 0.717) is 0 Å². The average molecular weight is 334 g/mol. The summed E-state index contributed by atoms with van der Waals surface area (Å²) in [6, 6.07) is 9.35. The number of hydrogen-bond donors (Lipinski definition) is 0. The number of esters is 1. The van der Waals surface area contributed by atoms with Crippen LogP contribution in [0.2, 0.25) is 18.1 Å². The van der Waals surface area contributed by atoms with Crippen LogP contribution in [0.4, 0.5) is 0 Å². The Hall–Kier alpha value is -1.75. The highest BCUT2D eigenvalue weighted by Crippen LogP contribution is 2.37. The third-order valence-corrected chi connectivity index (χ3v) is 8.75. The molecule has 1 aromatic carbocycles. The first kappa shape index (κ1) is 19.3. The van der Waals surface area contributed by atoms with Crippen molar-refractivity contribution in [1.29, 1.82) is 0 Å². The average Bonchev–Trinajstić information content (AvgIpc) is 2.45. The van der Waals surface area contributed by atoms with Gasteiger partial charge in [0.25, 0.3) is 0 Å². The monoisotopic (exact) mass is 334 g/mol. The van der Waals surface area contributed by atoms with Crippen LogP contribution in [0.15, 0.2) is 30.3 Å². The lowest BCUT2D eigenvalue weighted by Crippen LogP contribution is -2.46. The lowest BCUT2D eigenvalue weighted by atomic mass is 10.2. The standard InChI is InChI=1S/C17H26N2O3Si/c1-13(22-23(5,6)17(2,3)4)15(19-18)16(20)21-12-14-10-8-7-9-11-14/h7-11,13H,12H2,1-6H3. The molecule has 1 rings (SSSR count). The van der Waals surface area contributed by atoms with Crippen LogP contribution in [0.25, 0.3) is 5.53 Å². The maximum atomic E-state index is 12.1. The second-order valence-corrected chi connectivity index (χ2v) is 11.8. The van der Waals surface area contributed by atoms with Gasteiger partial charge in [-0.2, -0.15) is 4.79 Å². The fraction of sp³-hybridized carbons (Fsp3) is 0.529. The van der Waals surface area contributed by atoms with Gasteiger partial charge < -0.3 is 14.7 Å². The minimum absolute atomic E-state index is 0.00420. The number of carbonyl (C=O) groups excluding carboxylic acids is 1. The van der Waals surface area contributed by atoms with E-state index in [1.807, 2.05) is 30.3 Å². The van der Waals surface area contributed by atoms with E-state index in [4.69, 9.17) is 9.16 Å². The number of rotatable bonds is 6. The summed E-state index contributed by atoms with van der Waals surface area (Å²) in [5, 5.41) is -0.00420. The van der Waals surface area contributed by atoms with Gasteiger partial charge in [-0.1, -0.05) is 51.1 Å². The van der Waals surface area contributed by atoms with E-state index in [0.717, 1.165) is 5.56 Å². The zero-order valence-corrected chi connectivity index (χ0v) is 15.8. The molecule has 0 radical (unpaired) electrons. The molecule has 1 atom stereocenters. The van der Waals surface area contributed by atoms with Crippen molar-refractivity contribution in [2.24, 2.45) is 0 Å². The summed E-state index contributed by atoms with van der Waals surface area (Å²) >= 11 is 0. The van der Waals surface area contributed by atoms with Gasteiger partial charge in [0.15, 0.2) is 14.4 Å². The Morgan fingerprint density at radius 2 is 1.83 bits per heavy atom. The van der Waals surface area contributed by atoms with E-state index < -0.39 is 20.4 Å². The number of carbonyl (C=O) groups is 1. The lowest BCUT2D eigenvalue weighted by molar-refractivity contribution is -0.142. The van der Waals surface area contributed by atoms with Gasteiger partial charge in [-0.15, -0.1) is 0 Å². The minimum Gasteiger partial charge on any atom is -0.452 e. The van der Waals surface area contributed by atoms with Crippen molar-refractivity contribution in [2.45, 2.75) is 58.5 Å². The molecule has 0 aliphatic rings. The molecule has 1 unspecified atom stereocenters. The smallest absolute Gasteiger partial charge is 0.420 e. The fourth-order valence-corrected chi connectivity index (χ4v) is 3.11. The molecular weight excluding hydrogens is 308 g/mol. The van der Waals surface area contributed by atoms with Gasteiger partial charge in [-0.25, -0.2) is 4.79 Å². The van der Waals surface area contributed by atoms with E-state index in [-0.39, 0.29) is 17.4 Å². The summed E-state index contributed by atoms with van der Waals surface area (Å²) in [5.74, 6) is -0.664. The first-order valence-electron chi connectivity index (χ1n) is 7.69. The summed E-state index contributed by atoms with van der Waals surface area (Å²) in [4.78, 5) is 15.3. The third-order valence-electron chi connectivity index (χ3n) is 4.19. The fourth-order valence-electron chi connectivity index (χ4n) is 1.76. The number of ether oxygens (including phenoxy) is 1. The molecule has 0 spiro atoms. The molecule has 126 valence electrons.